The molecule has 0 saturated carbocycles. The Morgan fingerprint density at radius 3 is 2.78 bits per heavy atom. The molecule has 1 N–H and O–H groups in total. The zero-order valence-electron chi connectivity index (χ0n) is 10.1. The second kappa shape index (κ2) is 4.88. The fourth-order valence-corrected chi connectivity index (χ4v) is 2.26. The molecule has 1 atom stereocenters. The van der Waals surface area contributed by atoms with Gasteiger partial charge in [-0.05, 0) is 16.8 Å². The number of ketones is 1. The maximum absolute atomic E-state index is 12.3. The summed E-state index contributed by atoms with van der Waals surface area (Å²) in [4.78, 5) is 12.3. The van der Waals surface area contributed by atoms with Crippen molar-refractivity contribution in [1.82, 2.24) is 5.32 Å². The van der Waals surface area contributed by atoms with Crippen LogP contribution >= 0.6 is 0 Å². The maximum atomic E-state index is 12.3. The van der Waals surface area contributed by atoms with Gasteiger partial charge in [-0.2, -0.15) is 0 Å². The van der Waals surface area contributed by atoms with Gasteiger partial charge in [0, 0.05) is 18.7 Å². The first kappa shape index (κ1) is 11.4. The van der Waals surface area contributed by atoms with E-state index in [4.69, 9.17) is 4.74 Å². The summed E-state index contributed by atoms with van der Waals surface area (Å²) in [6.45, 7) is 2.02. The van der Waals surface area contributed by atoms with E-state index in [1.54, 1.807) is 0 Å². The number of Topliss-reactive ketones (excluding diaryl/α,β-unsaturated/α-hetero) is 1. The molecule has 3 heteroatoms. The number of carbonyl (C=O) groups excluding carboxylic acids is 1. The zero-order chi connectivity index (χ0) is 12.4. The highest BCUT2D eigenvalue weighted by atomic mass is 16.5. The number of rotatable bonds is 2. The minimum Gasteiger partial charge on any atom is -0.367 e. The molecule has 1 aliphatic heterocycles. The number of nitrogens with one attached hydrogen (secondary N) is 1. The predicted octanol–water partition coefficient (Wildman–Crippen LogP) is 2.01. The Morgan fingerprint density at radius 1 is 1.17 bits per heavy atom. The summed E-state index contributed by atoms with van der Waals surface area (Å²) in [5.41, 5.74) is 0.724. The van der Waals surface area contributed by atoms with Crippen molar-refractivity contribution in [3.8, 4) is 0 Å². The lowest BCUT2D eigenvalue weighted by Crippen LogP contribution is -2.43. The first-order valence-electron chi connectivity index (χ1n) is 6.20. The van der Waals surface area contributed by atoms with Crippen LogP contribution in [0.3, 0.4) is 0 Å². The quantitative estimate of drug-likeness (QED) is 0.817. The average molecular weight is 241 g/mol. The van der Waals surface area contributed by atoms with Crippen LogP contribution in [-0.2, 0) is 4.74 Å². The number of benzene rings is 2. The normalized spacial score (nSPS) is 19.9. The zero-order valence-corrected chi connectivity index (χ0v) is 10.1. The van der Waals surface area contributed by atoms with Crippen LogP contribution in [0.4, 0.5) is 0 Å². The Balaban J connectivity index is 1.91. The number of fused-ring (bicyclic) bond motifs is 1. The standard InChI is InChI=1S/C15H15NO2/c17-15(14-10-16-7-8-18-14)13-6-5-11-3-1-2-4-12(11)9-13/h1-6,9,14,16H,7-8,10H2. The lowest BCUT2D eigenvalue weighted by molar-refractivity contribution is 0.0269. The molecule has 0 bridgehead atoms. The van der Waals surface area contributed by atoms with E-state index in [0.717, 1.165) is 22.9 Å². The summed E-state index contributed by atoms with van der Waals surface area (Å²) < 4.78 is 5.49. The smallest absolute Gasteiger partial charge is 0.192 e. The Kier molecular flexibility index (Phi) is 3.09. The van der Waals surface area contributed by atoms with Crippen molar-refractivity contribution in [1.29, 1.82) is 0 Å². The molecule has 2 aromatic carbocycles. The molecule has 1 fully saturated rings. The highest BCUT2D eigenvalue weighted by Crippen LogP contribution is 2.17. The molecule has 2 aromatic rings. The molecule has 1 aliphatic rings. The molecular weight excluding hydrogens is 226 g/mol. The van der Waals surface area contributed by atoms with Crippen LogP contribution in [0.25, 0.3) is 10.8 Å². The van der Waals surface area contributed by atoms with Gasteiger partial charge in [-0.15, -0.1) is 0 Å². The van der Waals surface area contributed by atoms with E-state index in [1.165, 1.54) is 0 Å². The van der Waals surface area contributed by atoms with Crippen molar-refractivity contribution in [2.75, 3.05) is 19.7 Å². The third kappa shape index (κ3) is 2.15. The minimum atomic E-state index is -0.347. The molecule has 0 aromatic heterocycles. The molecule has 0 amide bonds. The molecule has 1 saturated heterocycles. The van der Waals surface area contributed by atoms with Gasteiger partial charge in [-0.25, -0.2) is 0 Å². The van der Waals surface area contributed by atoms with E-state index in [9.17, 15) is 4.79 Å². The van der Waals surface area contributed by atoms with Crippen LogP contribution in [-0.4, -0.2) is 31.6 Å². The van der Waals surface area contributed by atoms with Crippen LogP contribution < -0.4 is 5.32 Å². The number of carbonyl (C=O) groups is 1. The van der Waals surface area contributed by atoms with Crippen molar-refractivity contribution in [3.63, 3.8) is 0 Å². The number of ether oxygens (including phenoxy) is 1. The second-order valence-corrected chi connectivity index (χ2v) is 4.49. The molecule has 3 nitrogen and oxygen atoms in total. The van der Waals surface area contributed by atoms with Gasteiger partial charge in [0.15, 0.2) is 5.78 Å². The first-order chi connectivity index (χ1) is 8.84. The van der Waals surface area contributed by atoms with E-state index in [1.807, 2.05) is 42.5 Å². The van der Waals surface area contributed by atoms with Crippen molar-refractivity contribution < 1.29 is 9.53 Å². The fraction of sp³-hybridized carbons (Fsp3) is 0.267. The topological polar surface area (TPSA) is 38.3 Å². The van der Waals surface area contributed by atoms with E-state index in [-0.39, 0.29) is 11.9 Å². The average Bonchev–Trinajstić information content (AvgIpc) is 2.47. The first-order valence-corrected chi connectivity index (χ1v) is 6.20. The Labute approximate surface area is 106 Å². The van der Waals surface area contributed by atoms with Crippen molar-refractivity contribution in [3.05, 3.63) is 48.0 Å². The molecule has 0 radical (unpaired) electrons. The third-order valence-corrected chi connectivity index (χ3v) is 3.25. The van der Waals surface area contributed by atoms with Crippen LogP contribution in [0.5, 0.6) is 0 Å². The number of morpholine rings is 1. The van der Waals surface area contributed by atoms with E-state index in [0.29, 0.717) is 13.2 Å². The van der Waals surface area contributed by atoms with Gasteiger partial charge >= 0.3 is 0 Å². The molecule has 18 heavy (non-hydrogen) atoms. The highest BCUT2D eigenvalue weighted by molar-refractivity contribution is 6.02. The molecule has 3 rings (SSSR count). The largest absolute Gasteiger partial charge is 0.367 e. The van der Waals surface area contributed by atoms with Gasteiger partial charge in [-0.1, -0.05) is 36.4 Å². The monoisotopic (exact) mass is 241 g/mol. The summed E-state index contributed by atoms with van der Waals surface area (Å²) in [5, 5.41) is 5.42. The maximum Gasteiger partial charge on any atom is 0.192 e. The van der Waals surface area contributed by atoms with Gasteiger partial charge in [0.2, 0.25) is 0 Å². The van der Waals surface area contributed by atoms with Gasteiger partial charge in [0.25, 0.3) is 0 Å². The van der Waals surface area contributed by atoms with E-state index in [2.05, 4.69) is 5.32 Å². The van der Waals surface area contributed by atoms with Crippen molar-refractivity contribution in [2.45, 2.75) is 6.10 Å². The molecule has 0 aliphatic carbocycles. The lowest BCUT2D eigenvalue weighted by atomic mass is 10.0. The summed E-state index contributed by atoms with van der Waals surface area (Å²) in [5.74, 6) is 0.0629. The number of hydrogen-bond donors (Lipinski definition) is 1. The van der Waals surface area contributed by atoms with Crippen molar-refractivity contribution in [2.24, 2.45) is 0 Å². The summed E-state index contributed by atoms with van der Waals surface area (Å²) in [7, 11) is 0. The van der Waals surface area contributed by atoms with Crippen LogP contribution in [0.2, 0.25) is 0 Å². The molecule has 1 heterocycles. The Morgan fingerprint density at radius 2 is 2.00 bits per heavy atom. The molecule has 1 unspecified atom stereocenters. The van der Waals surface area contributed by atoms with Gasteiger partial charge < -0.3 is 10.1 Å². The summed E-state index contributed by atoms with van der Waals surface area (Å²) in [6.07, 6.45) is -0.347. The number of hydrogen-bond acceptors (Lipinski definition) is 3. The van der Waals surface area contributed by atoms with Crippen LogP contribution in [0.15, 0.2) is 42.5 Å². The second-order valence-electron chi connectivity index (χ2n) is 4.49. The Bertz CT molecular complexity index is 573. The van der Waals surface area contributed by atoms with Gasteiger partial charge in [-0.3, -0.25) is 4.79 Å². The SMILES string of the molecule is O=C(c1ccc2ccccc2c1)C1CNCCO1. The highest BCUT2D eigenvalue weighted by Gasteiger charge is 2.22. The molecule has 0 spiro atoms. The predicted molar refractivity (Wildman–Crippen MR) is 70.9 cm³/mol. The van der Waals surface area contributed by atoms with Crippen LogP contribution in [0, 0.1) is 0 Å². The van der Waals surface area contributed by atoms with E-state index >= 15 is 0 Å². The van der Waals surface area contributed by atoms with Gasteiger partial charge in [0.05, 0.1) is 6.61 Å². The summed E-state index contributed by atoms with van der Waals surface area (Å²) in [6, 6.07) is 13.8. The third-order valence-electron chi connectivity index (χ3n) is 3.25. The van der Waals surface area contributed by atoms with Crippen molar-refractivity contribution >= 4 is 16.6 Å². The molecular formula is C15H15NO2. The van der Waals surface area contributed by atoms with E-state index < -0.39 is 0 Å². The lowest BCUT2D eigenvalue weighted by Gasteiger charge is -2.22. The van der Waals surface area contributed by atoms with Crippen LogP contribution in [0.1, 0.15) is 10.4 Å². The minimum absolute atomic E-state index is 0.0629. The molecule has 92 valence electrons. The fourth-order valence-electron chi connectivity index (χ4n) is 2.26. The van der Waals surface area contributed by atoms with Gasteiger partial charge in [0.1, 0.15) is 6.10 Å². The summed E-state index contributed by atoms with van der Waals surface area (Å²) >= 11 is 0. The Hall–Kier alpha value is -1.71.